The summed E-state index contributed by atoms with van der Waals surface area (Å²) in [6, 6.07) is 0. The Morgan fingerprint density at radius 2 is 0.596 bits per heavy atom. The largest absolute Gasteiger partial charge is 0.466 e. The molecule has 586 valence electrons. The molecule has 0 amide bonds. The topological polar surface area (TPSA) is 190 Å². The Labute approximate surface area is 610 Å². The van der Waals surface area contributed by atoms with Crippen molar-refractivity contribution in [2.75, 3.05) is 85.3 Å². The molecule has 2 aliphatic rings. The summed E-state index contributed by atoms with van der Waals surface area (Å²) in [6.07, 6.45) is 66.0. The monoisotopic (exact) mass is 1400 g/mol. The molecule has 2 aliphatic carbocycles. The number of hydrogen-bond donors (Lipinski definition) is 5. The predicted octanol–water partition coefficient (Wildman–Crippen LogP) is 20.1. The van der Waals surface area contributed by atoms with Gasteiger partial charge in [-0.1, -0.05) is 252 Å². The van der Waals surface area contributed by atoms with Crippen LogP contribution in [-0.2, 0) is 28.6 Å². The van der Waals surface area contributed by atoms with Gasteiger partial charge in [-0.2, -0.15) is 0 Å². The third-order valence-corrected chi connectivity index (χ3v) is 22.1. The summed E-state index contributed by atoms with van der Waals surface area (Å²) in [5.74, 6) is 3.45. The van der Waals surface area contributed by atoms with E-state index < -0.39 is 6.29 Å². The molecule has 2 rings (SSSR count). The van der Waals surface area contributed by atoms with Crippen LogP contribution in [-0.4, -0.2) is 162 Å². The zero-order valence-electron chi connectivity index (χ0n) is 65.5. The zero-order chi connectivity index (χ0) is 71.5. The highest BCUT2D eigenvalue weighted by atomic mass is 16.5. The fourth-order valence-corrected chi connectivity index (χ4v) is 15.3. The summed E-state index contributed by atoms with van der Waals surface area (Å²) in [4.78, 5) is 45.6. The van der Waals surface area contributed by atoms with E-state index >= 15 is 0 Å². The summed E-state index contributed by atoms with van der Waals surface area (Å²) in [6.45, 7) is 15.6. The molecular formula is C85H165N3O11. The summed E-state index contributed by atoms with van der Waals surface area (Å²) in [5.41, 5.74) is 0. The number of carbonyl (C=O) groups is 3. The Morgan fingerprint density at radius 3 is 0.980 bits per heavy atom. The minimum Gasteiger partial charge on any atom is -0.466 e. The molecule has 0 aromatic carbocycles. The molecule has 14 heteroatoms. The molecule has 0 heterocycles. The van der Waals surface area contributed by atoms with Gasteiger partial charge in [-0.25, -0.2) is 0 Å². The van der Waals surface area contributed by atoms with Crippen LogP contribution in [0.25, 0.3) is 0 Å². The Bertz CT molecular complexity index is 1760. The van der Waals surface area contributed by atoms with Gasteiger partial charge in [0.1, 0.15) is 12.2 Å². The number of esters is 3. The number of ether oxygens (including phenoxy) is 3. The standard InChI is InChI=1S/C85H165N3O11/c1-4-7-10-12-20-36-48-73-97-83(94)54-41-29-22-33-44-61-86(67-70-89)62-45-34-23-30-43-56-85(96)99-81(59-57-78-74-76(78)49-9-6-3)60-58-79-75-77(79)50-37-25-18-16-14-15-17-19-27-39-52-80(51-38-26-13-11-8-5-2)98-84(95)55-42-31-24-35-47-64-88(69-72-91)66-65-87(68-71-90)63-46-32-21-28-40-53-82(92)93/h76-82,89-93H,4-75H2,1-3H3. The number of carbonyl (C=O) groups excluding carboxylic acids is 3. The van der Waals surface area contributed by atoms with Crippen LogP contribution in [0.5, 0.6) is 0 Å². The molecule has 0 saturated heterocycles. The highest BCUT2D eigenvalue weighted by molar-refractivity contribution is 5.70. The van der Waals surface area contributed by atoms with Gasteiger partial charge in [-0.15, -0.1) is 0 Å². The van der Waals surface area contributed by atoms with Crippen LogP contribution in [0.4, 0.5) is 0 Å². The van der Waals surface area contributed by atoms with Crippen LogP contribution in [0.15, 0.2) is 0 Å². The molecule has 0 spiro atoms. The molecule has 0 aromatic rings. The van der Waals surface area contributed by atoms with E-state index in [-0.39, 0.29) is 49.9 Å². The number of rotatable bonds is 80. The van der Waals surface area contributed by atoms with Crippen LogP contribution in [0, 0.1) is 23.7 Å². The van der Waals surface area contributed by atoms with Gasteiger partial charge in [-0.3, -0.25) is 24.2 Å². The molecule has 5 N–H and O–H groups in total. The lowest BCUT2D eigenvalue weighted by Crippen LogP contribution is -2.38. The van der Waals surface area contributed by atoms with Gasteiger partial charge in [-0.05, 0) is 178 Å². The average molecular weight is 1410 g/mol. The minimum atomic E-state index is -1.20. The second-order valence-corrected chi connectivity index (χ2v) is 31.3. The van der Waals surface area contributed by atoms with Gasteiger partial charge in [0.05, 0.1) is 26.4 Å². The lowest BCUT2D eigenvalue weighted by atomic mass is 10.0. The summed E-state index contributed by atoms with van der Waals surface area (Å²) in [5, 5.41) is 47.2. The van der Waals surface area contributed by atoms with E-state index in [0.717, 1.165) is 249 Å². The Balaban J connectivity index is 1.56. The number of nitrogens with zero attached hydrogens (tertiary/aromatic N) is 3. The maximum atomic E-state index is 13.3. The highest BCUT2D eigenvalue weighted by Gasteiger charge is 2.38. The number of hydrogen-bond acceptors (Lipinski definition) is 14. The van der Waals surface area contributed by atoms with Crippen molar-refractivity contribution in [3.8, 4) is 0 Å². The average Bonchev–Trinajstić information content (AvgIpc) is 1.71. The van der Waals surface area contributed by atoms with Crippen molar-refractivity contribution >= 4 is 17.9 Å². The van der Waals surface area contributed by atoms with Gasteiger partial charge in [0.25, 0.3) is 0 Å². The zero-order valence-corrected chi connectivity index (χ0v) is 65.5. The van der Waals surface area contributed by atoms with E-state index in [9.17, 15) is 29.7 Å². The lowest BCUT2D eigenvalue weighted by molar-refractivity contribution is -0.151. The van der Waals surface area contributed by atoms with Crippen molar-refractivity contribution in [3.05, 3.63) is 0 Å². The molecular weight excluding hydrogens is 1240 g/mol. The third kappa shape index (κ3) is 60.0. The van der Waals surface area contributed by atoms with Crippen molar-refractivity contribution in [2.24, 2.45) is 23.7 Å². The maximum Gasteiger partial charge on any atom is 0.306 e. The molecule has 0 bridgehead atoms. The molecule has 2 fully saturated rings. The quantitative estimate of drug-likeness (QED) is 0.0167. The van der Waals surface area contributed by atoms with Crippen molar-refractivity contribution in [3.63, 3.8) is 0 Å². The molecule has 0 aliphatic heterocycles. The van der Waals surface area contributed by atoms with Crippen molar-refractivity contribution in [2.45, 2.75) is 418 Å². The van der Waals surface area contributed by atoms with Gasteiger partial charge in [0, 0.05) is 52.0 Å². The molecule has 6 atom stereocenters. The van der Waals surface area contributed by atoms with Crippen molar-refractivity contribution in [1.82, 2.24) is 14.7 Å². The number of aliphatic hydroxyl groups excluding tert-OH is 4. The minimum absolute atomic E-state index is 0.00895. The first-order valence-electron chi connectivity index (χ1n) is 43.5. The van der Waals surface area contributed by atoms with Crippen LogP contribution in [0.2, 0.25) is 0 Å². The number of unbranched alkanes of at least 4 members (excludes halogenated alkanes) is 37. The van der Waals surface area contributed by atoms with Gasteiger partial charge in [0.15, 0.2) is 6.29 Å². The summed E-state index contributed by atoms with van der Waals surface area (Å²) >= 11 is 0. The van der Waals surface area contributed by atoms with Crippen LogP contribution in [0.3, 0.4) is 0 Å². The van der Waals surface area contributed by atoms with Gasteiger partial charge < -0.3 is 44.6 Å². The predicted molar refractivity (Wildman–Crippen MR) is 413 cm³/mol. The van der Waals surface area contributed by atoms with Crippen LogP contribution < -0.4 is 0 Å². The fraction of sp³-hybridized carbons (Fsp3) is 0.965. The van der Waals surface area contributed by atoms with Gasteiger partial charge in [0.2, 0.25) is 0 Å². The Morgan fingerprint density at radius 1 is 0.303 bits per heavy atom. The highest BCUT2D eigenvalue weighted by Crippen LogP contribution is 2.48. The van der Waals surface area contributed by atoms with Crippen LogP contribution in [0.1, 0.15) is 400 Å². The third-order valence-electron chi connectivity index (χ3n) is 22.1. The fourth-order valence-electron chi connectivity index (χ4n) is 15.3. The smallest absolute Gasteiger partial charge is 0.306 e. The second kappa shape index (κ2) is 69.2. The maximum absolute atomic E-state index is 13.3. The Kier molecular flexibility index (Phi) is 65.1. The van der Waals surface area contributed by atoms with E-state index in [4.69, 9.17) is 24.4 Å². The van der Waals surface area contributed by atoms with Gasteiger partial charge >= 0.3 is 17.9 Å². The molecule has 14 nitrogen and oxygen atoms in total. The van der Waals surface area contributed by atoms with Crippen molar-refractivity contribution < 1.29 is 54.1 Å². The molecule has 0 aromatic heterocycles. The van der Waals surface area contributed by atoms with E-state index in [2.05, 4.69) is 35.5 Å². The number of aliphatic hydroxyl groups is 5. The van der Waals surface area contributed by atoms with Crippen LogP contribution >= 0.6 is 0 Å². The second-order valence-electron chi connectivity index (χ2n) is 31.3. The Hall–Kier alpha value is -1.91. The van der Waals surface area contributed by atoms with Crippen molar-refractivity contribution in [1.29, 1.82) is 0 Å². The SMILES string of the molecule is CCCCCCCCCOC(=O)CCCCCCCN(CCO)CCCCCCCC(=O)OC(CCC1CC1CCCC)CCC1CC1CCCCCCCCCCCCC(CCCCCCCC)OC(=O)CCCCCCCN(CCO)CCN(CCO)CCCCCCCC(O)O. The molecule has 2 saturated carbocycles. The molecule has 99 heavy (non-hydrogen) atoms. The van der Waals surface area contributed by atoms with E-state index in [1.165, 1.54) is 173 Å². The normalized spacial score (nSPS) is 16.6. The van der Waals surface area contributed by atoms with E-state index in [1.54, 1.807) is 0 Å². The lowest BCUT2D eigenvalue weighted by Gasteiger charge is -2.27. The van der Waals surface area contributed by atoms with E-state index in [0.29, 0.717) is 45.4 Å². The molecule has 0 radical (unpaired) electrons. The first kappa shape index (κ1) is 93.2. The molecule has 6 unspecified atom stereocenters. The van der Waals surface area contributed by atoms with E-state index in [1.807, 2.05) is 0 Å². The first-order valence-corrected chi connectivity index (χ1v) is 43.5. The first-order chi connectivity index (χ1) is 48.5. The summed E-state index contributed by atoms with van der Waals surface area (Å²) in [7, 11) is 0. The summed E-state index contributed by atoms with van der Waals surface area (Å²) < 4.78 is 18.0.